The Morgan fingerprint density at radius 3 is 2.52 bits per heavy atom. The van der Waals surface area contributed by atoms with E-state index >= 15 is 4.39 Å². The van der Waals surface area contributed by atoms with Gasteiger partial charge in [-0.25, -0.2) is 18.6 Å². The van der Waals surface area contributed by atoms with E-state index < -0.39 is 29.3 Å². The molecule has 50 heavy (non-hydrogen) atoms. The summed E-state index contributed by atoms with van der Waals surface area (Å²) in [7, 11) is 1.38. The van der Waals surface area contributed by atoms with Crippen LogP contribution in [0.2, 0.25) is 0 Å². The number of carbonyl (C=O) groups is 1. The molecule has 7 rings (SSSR count). The minimum absolute atomic E-state index is 0.170. The number of rotatable bonds is 3. The first-order valence-corrected chi connectivity index (χ1v) is 17.7. The van der Waals surface area contributed by atoms with Gasteiger partial charge in [0.15, 0.2) is 6.10 Å². The second-order valence-corrected chi connectivity index (χ2v) is 15.0. The van der Waals surface area contributed by atoms with Crippen LogP contribution in [0.5, 0.6) is 5.75 Å². The zero-order valence-electron chi connectivity index (χ0n) is 30.3. The first-order valence-electron chi connectivity index (χ1n) is 17.7. The van der Waals surface area contributed by atoms with Crippen LogP contribution < -0.4 is 9.64 Å². The topological polar surface area (TPSA) is 74.5 Å². The molecule has 0 amide bonds. The number of esters is 1. The van der Waals surface area contributed by atoms with Crippen LogP contribution in [0, 0.1) is 18.6 Å². The molecule has 3 aliphatic rings. The number of anilines is 1. The number of imidazole rings is 1. The number of carbonyl (C=O) groups excluding carboxylic acids is 1. The second kappa shape index (κ2) is 14.3. The molecule has 0 aliphatic carbocycles. The van der Waals surface area contributed by atoms with Crippen molar-refractivity contribution in [1.82, 2.24) is 9.38 Å². The number of ether oxygens (including phenoxy) is 4. The number of halogens is 2. The maximum Gasteiger partial charge on any atom is 0.339 e. The monoisotopic (exact) mass is 689 g/mol. The van der Waals surface area contributed by atoms with E-state index in [1.807, 2.05) is 69.5 Å². The molecule has 0 unspecified atom stereocenters. The smallest absolute Gasteiger partial charge is 0.339 e. The molecule has 2 aromatic carbocycles. The normalized spacial score (nSPS) is 21.0. The average Bonchev–Trinajstić information content (AvgIpc) is 3.47. The third-order valence-corrected chi connectivity index (χ3v) is 9.74. The number of nitrogens with zero attached hydrogens (tertiary/aromatic N) is 3. The molecule has 2 aromatic heterocycles. The van der Waals surface area contributed by atoms with Crippen molar-refractivity contribution in [3.8, 4) is 28.1 Å². The Bertz CT molecular complexity index is 1860. The number of benzene rings is 2. The standard InChI is InChI=1S/C40H49F2N3O5/c1-25-20-33-43-31-24-45(33)37(34(25)36(38(46)47-7)50-39(3,4)5)44-17-15-40(6,16-18-44)48-19-10-8-9-12-26(2)49-32-23-29(41)22-30(42)35(32)28-14-11-13-27(31)21-28/h11,13-14,20-24,26,36H,8-10,12,15-19H2,1-7H3/t26-,36-/m0/s1. The zero-order chi connectivity index (χ0) is 35.8. The maximum absolute atomic E-state index is 15.6. The molecule has 6 bridgehead atoms. The van der Waals surface area contributed by atoms with E-state index in [0.717, 1.165) is 67.1 Å². The van der Waals surface area contributed by atoms with E-state index in [-0.39, 0.29) is 23.0 Å². The summed E-state index contributed by atoms with van der Waals surface area (Å²) in [5, 5.41) is 0. The highest BCUT2D eigenvalue weighted by molar-refractivity contribution is 5.82. The van der Waals surface area contributed by atoms with E-state index in [1.54, 1.807) is 6.07 Å². The molecule has 0 radical (unpaired) electrons. The number of pyridine rings is 1. The van der Waals surface area contributed by atoms with E-state index in [4.69, 9.17) is 23.9 Å². The molecule has 1 fully saturated rings. The molecule has 8 nitrogen and oxygen atoms in total. The molecular weight excluding hydrogens is 640 g/mol. The van der Waals surface area contributed by atoms with Crippen LogP contribution in [0.4, 0.5) is 14.6 Å². The fraction of sp³-hybridized carbons (Fsp3) is 0.500. The van der Waals surface area contributed by atoms with Gasteiger partial charge in [-0.15, -0.1) is 0 Å². The molecule has 0 spiro atoms. The lowest BCUT2D eigenvalue weighted by atomic mass is 9.92. The van der Waals surface area contributed by atoms with Crippen LogP contribution in [0.15, 0.2) is 48.7 Å². The van der Waals surface area contributed by atoms with Crippen molar-refractivity contribution < 1.29 is 32.5 Å². The van der Waals surface area contributed by atoms with Crippen LogP contribution >= 0.6 is 0 Å². The first-order chi connectivity index (χ1) is 23.7. The molecule has 0 N–H and O–H groups in total. The molecule has 4 aromatic rings. The number of aromatic nitrogens is 2. The number of fused-ring (bicyclic) bond motifs is 9. The van der Waals surface area contributed by atoms with Gasteiger partial charge < -0.3 is 23.8 Å². The predicted molar refractivity (Wildman–Crippen MR) is 191 cm³/mol. The zero-order valence-corrected chi connectivity index (χ0v) is 30.3. The quantitative estimate of drug-likeness (QED) is 0.199. The molecule has 1 saturated heterocycles. The highest BCUT2D eigenvalue weighted by Crippen LogP contribution is 2.41. The lowest BCUT2D eigenvalue weighted by Crippen LogP contribution is -2.45. The molecule has 268 valence electrons. The van der Waals surface area contributed by atoms with Crippen molar-refractivity contribution in [2.75, 3.05) is 31.7 Å². The van der Waals surface area contributed by atoms with E-state index in [2.05, 4.69) is 11.8 Å². The van der Waals surface area contributed by atoms with Gasteiger partial charge in [0.05, 0.1) is 35.7 Å². The Morgan fingerprint density at radius 2 is 1.80 bits per heavy atom. The van der Waals surface area contributed by atoms with Crippen molar-refractivity contribution in [1.29, 1.82) is 0 Å². The third kappa shape index (κ3) is 7.66. The number of aryl methyl sites for hydroxylation is 1. The predicted octanol–water partition coefficient (Wildman–Crippen LogP) is 9.00. The average molecular weight is 690 g/mol. The second-order valence-electron chi connectivity index (χ2n) is 15.0. The lowest BCUT2D eigenvalue weighted by molar-refractivity contribution is -0.164. The number of methoxy groups -OCH3 is 1. The molecular formula is C40H49F2N3O5. The van der Waals surface area contributed by atoms with E-state index in [0.29, 0.717) is 36.6 Å². The molecule has 3 aliphatic heterocycles. The first kappa shape index (κ1) is 35.8. The molecule has 10 heteroatoms. The number of hydrogen-bond donors (Lipinski definition) is 0. The summed E-state index contributed by atoms with van der Waals surface area (Å²) in [6, 6.07) is 11.5. The number of piperidine rings is 1. The lowest BCUT2D eigenvalue weighted by Gasteiger charge is -2.41. The Balaban J connectivity index is 1.54. The SMILES string of the molecule is COC(=O)[C@@H](OC(C)(C)C)c1c(C)cc2nc3cn2c1N1CCC(C)(CC1)OCCCCC[C@H](C)Oc1cc(F)cc(F)c1-c1cccc-3c1. The van der Waals surface area contributed by atoms with Gasteiger partial charge in [0.25, 0.3) is 0 Å². The van der Waals surface area contributed by atoms with Gasteiger partial charge in [-0.05, 0) is 96.9 Å². The van der Waals surface area contributed by atoms with Gasteiger partial charge in [-0.1, -0.05) is 24.6 Å². The summed E-state index contributed by atoms with van der Waals surface area (Å²) in [6.07, 6.45) is 5.87. The summed E-state index contributed by atoms with van der Waals surface area (Å²) in [4.78, 5) is 20.8. The highest BCUT2D eigenvalue weighted by Gasteiger charge is 2.37. The summed E-state index contributed by atoms with van der Waals surface area (Å²) in [5.41, 5.74) is 3.52. The van der Waals surface area contributed by atoms with Crippen molar-refractivity contribution in [3.05, 3.63) is 71.4 Å². The Morgan fingerprint density at radius 1 is 1.06 bits per heavy atom. The van der Waals surface area contributed by atoms with E-state index in [9.17, 15) is 9.18 Å². The largest absolute Gasteiger partial charge is 0.490 e. The van der Waals surface area contributed by atoms with Crippen molar-refractivity contribution in [2.45, 2.75) is 103 Å². The van der Waals surface area contributed by atoms with Gasteiger partial charge >= 0.3 is 5.97 Å². The molecule has 5 heterocycles. The van der Waals surface area contributed by atoms with Gasteiger partial charge in [0.2, 0.25) is 0 Å². The van der Waals surface area contributed by atoms with Crippen molar-refractivity contribution in [2.24, 2.45) is 0 Å². The van der Waals surface area contributed by atoms with Gasteiger partial charge in [-0.2, -0.15) is 0 Å². The van der Waals surface area contributed by atoms with Gasteiger partial charge in [-0.3, -0.25) is 4.40 Å². The van der Waals surface area contributed by atoms with Crippen LogP contribution in [0.3, 0.4) is 0 Å². The number of hydrogen-bond acceptors (Lipinski definition) is 7. The van der Waals surface area contributed by atoms with Crippen LogP contribution in [0.1, 0.15) is 90.4 Å². The van der Waals surface area contributed by atoms with Gasteiger partial charge in [0.1, 0.15) is 28.8 Å². The van der Waals surface area contributed by atoms with E-state index in [1.165, 1.54) is 13.2 Å². The van der Waals surface area contributed by atoms with Crippen molar-refractivity contribution >= 4 is 17.4 Å². The minimum Gasteiger partial charge on any atom is -0.490 e. The summed E-state index contributed by atoms with van der Waals surface area (Å²) in [6.45, 7) is 13.9. The van der Waals surface area contributed by atoms with Crippen LogP contribution in [-0.2, 0) is 19.0 Å². The third-order valence-electron chi connectivity index (χ3n) is 9.74. The summed E-state index contributed by atoms with van der Waals surface area (Å²) in [5.74, 6) is -0.874. The fourth-order valence-corrected chi connectivity index (χ4v) is 7.11. The van der Waals surface area contributed by atoms with Crippen LogP contribution in [0.25, 0.3) is 28.0 Å². The summed E-state index contributed by atoms with van der Waals surface area (Å²) < 4.78 is 56.6. The van der Waals surface area contributed by atoms with Crippen LogP contribution in [-0.4, -0.2) is 59.5 Å². The van der Waals surface area contributed by atoms with Crippen molar-refractivity contribution in [3.63, 3.8) is 0 Å². The molecule has 0 saturated carbocycles. The molecule has 2 atom stereocenters. The highest BCUT2D eigenvalue weighted by atomic mass is 19.1. The Labute approximate surface area is 293 Å². The minimum atomic E-state index is -0.977. The maximum atomic E-state index is 15.6. The summed E-state index contributed by atoms with van der Waals surface area (Å²) >= 11 is 0. The fourth-order valence-electron chi connectivity index (χ4n) is 7.11. The Hall–Kier alpha value is -4.02. The Kier molecular flexibility index (Phi) is 10.2. The van der Waals surface area contributed by atoms with Gasteiger partial charge in [0, 0.05) is 49.2 Å².